The first kappa shape index (κ1) is 23.1. The van der Waals surface area contributed by atoms with Crippen molar-refractivity contribution in [3.05, 3.63) is 24.3 Å². The van der Waals surface area contributed by atoms with Crippen LogP contribution in [0.3, 0.4) is 0 Å². The van der Waals surface area contributed by atoms with Gasteiger partial charge in [0, 0.05) is 24.9 Å². The fourth-order valence-electron chi connectivity index (χ4n) is 5.01. The van der Waals surface area contributed by atoms with Crippen molar-refractivity contribution in [3.8, 4) is 5.75 Å². The maximum Gasteiger partial charge on any atom is 0.256 e. The molecule has 0 spiro atoms. The highest BCUT2D eigenvalue weighted by atomic mass is 16.5. The number of rotatable bonds is 9. The second-order valence-corrected chi connectivity index (χ2v) is 9.19. The lowest BCUT2D eigenvalue weighted by atomic mass is 9.78. The standard InChI is InChI=1S/C25H40N2O3/c1-4-30-25(15-7-9-20(2)19-25)24(28)26-22-11-13-23(14-12-22)29-18-8-17-27-16-6-5-10-21(27)3/h11-14,20-21H,4-10,15-19H2,1-3H3,(H,26,28)/t20-,21+,25+/m1/s1. The third-order valence-corrected chi connectivity index (χ3v) is 6.70. The molecule has 1 saturated heterocycles. The van der Waals surface area contributed by atoms with Gasteiger partial charge in [-0.05, 0) is 89.1 Å². The minimum absolute atomic E-state index is 0.0137. The van der Waals surface area contributed by atoms with Crippen LogP contribution < -0.4 is 10.1 Å². The summed E-state index contributed by atoms with van der Waals surface area (Å²) in [7, 11) is 0. The molecule has 0 aromatic heterocycles. The van der Waals surface area contributed by atoms with E-state index in [1.54, 1.807) is 0 Å². The normalized spacial score (nSPS) is 27.6. The summed E-state index contributed by atoms with van der Waals surface area (Å²) in [6.07, 6.45) is 8.85. The molecule has 0 radical (unpaired) electrons. The Balaban J connectivity index is 1.46. The molecule has 1 N–H and O–H groups in total. The average molecular weight is 417 g/mol. The van der Waals surface area contributed by atoms with E-state index in [1.807, 2.05) is 31.2 Å². The predicted molar refractivity (Wildman–Crippen MR) is 122 cm³/mol. The maximum atomic E-state index is 13.0. The molecule has 3 atom stereocenters. The van der Waals surface area contributed by atoms with Gasteiger partial charge in [0.25, 0.3) is 5.91 Å². The number of amides is 1. The Morgan fingerprint density at radius 2 is 1.97 bits per heavy atom. The Morgan fingerprint density at radius 3 is 2.67 bits per heavy atom. The van der Waals surface area contributed by atoms with E-state index in [1.165, 1.54) is 32.2 Å². The molecule has 1 aliphatic heterocycles. The molecular weight excluding hydrogens is 376 g/mol. The second kappa shape index (κ2) is 11.1. The van der Waals surface area contributed by atoms with Crippen molar-refractivity contribution in [1.29, 1.82) is 0 Å². The SMILES string of the molecule is CCO[C@@]1(C(=O)Nc2ccc(OCCCN3CCCC[C@@H]3C)cc2)CCC[C@@H](C)C1. The Kier molecular flexibility index (Phi) is 8.58. The molecule has 2 aliphatic rings. The summed E-state index contributed by atoms with van der Waals surface area (Å²) in [5.74, 6) is 1.35. The van der Waals surface area contributed by atoms with Crippen molar-refractivity contribution in [2.45, 2.75) is 83.8 Å². The molecule has 5 heteroatoms. The predicted octanol–water partition coefficient (Wildman–Crippen LogP) is 5.25. The molecule has 1 amide bonds. The van der Waals surface area contributed by atoms with Crippen molar-refractivity contribution in [1.82, 2.24) is 4.90 Å². The van der Waals surface area contributed by atoms with Crippen molar-refractivity contribution in [3.63, 3.8) is 0 Å². The van der Waals surface area contributed by atoms with Crippen LogP contribution in [-0.2, 0) is 9.53 Å². The molecule has 0 unspecified atom stereocenters. The maximum absolute atomic E-state index is 13.0. The molecule has 168 valence electrons. The minimum Gasteiger partial charge on any atom is -0.494 e. The summed E-state index contributed by atoms with van der Waals surface area (Å²) in [5, 5.41) is 3.07. The van der Waals surface area contributed by atoms with Crippen LogP contribution in [0.4, 0.5) is 5.69 Å². The molecule has 2 fully saturated rings. The van der Waals surface area contributed by atoms with Crippen LogP contribution in [0.25, 0.3) is 0 Å². The molecular formula is C25H40N2O3. The highest BCUT2D eigenvalue weighted by molar-refractivity contribution is 5.97. The van der Waals surface area contributed by atoms with Crippen LogP contribution in [-0.4, -0.2) is 48.8 Å². The Hall–Kier alpha value is -1.59. The van der Waals surface area contributed by atoms with Crippen LogP contribution in [0.1, 0.15) is 72.1 Å². The summed E-state index contributed by atoms with van der Waals surface area (Å²) in [5.41, 5.74) is 0.111. The van der Waals surface area contributed by atoms with Gasteiger partial charge in [-0.2, -0.15) is 0 Å². The Bertz CT molecular complexity index is 659. The van der Waals surface area contributed by atoms with Crippen molar-refractivity contribution in [2.24, 2.45) is 5.92 Å². The number of likely N-dealkylation sites (tertiary alicyclic amines) is 1. The zero-order chi connectivity index (χ0) is 21.4. The van der Waals surface area contributed by atoms with E-state index in [0.29, 0.717) is 18.6 Å². The van der Waals surface area contributed by atoms with Crippen LogP contribution in [0.15, 0.2) is 24.3 Å². The van der Waals surface area contributed by atoms with E-state index in [4.69, 9.17) is 9.47 Å². The van der Waals surface area contributed by atoms with Crippen molar-refractivity contribution < 1.29 is 14.3 Å². The number of carbonyl (C=O) groups is 1. The molecule has 3 rings (SSSR count). The quantitative estimate of drug-likeness (QED) is 0.558. The number of piperidine rings is 1. The summed E-state index contributed by atoms with van der Waals surface area (Å²) in [6, 6.07) is 8.43. The number of ether oxygens (including phenoxy) is 2. The molecule has 1 aromatic rings. The fourth-order valence-corrected chi connectivity index (χ4v) is 5.01. The lowest BCUT2D eigenvalue weighted by Crippen LogP contribution is -2.48. The monoisotopic (exact) mass is 416 g/mol. The van der Waals surface area contributed by atoms with E-state index in [-0.39, 0.29) is 5.91 Å². The molecule has 5 nitrogen and oxygen atoms in total. The van der Waals surface area contributed by atoms with Crippen LogP contribution >= 0.6 is 0 Å². The van der Waals surface area contributed by atoms with Crippen LogP contribution in [0, 0.1) is 5.92 Å². The van der Waals surface area contributed by atoms with Gasteiger partial charge in [0.05, 0.1) is 6.61 Å². The third-order valence-electron chi connectivity index (χ3n) is 6.70. The highest BCUT2D eigenvalue weighted by Crippen LogP contribution is 2.36. The third kappa shape index (κ3) is 6.21. The van der Waals surface area contributed by atoms with Crippen molar-refractivity contribution >= 4 is 11.6 Å². The average Bonchev–Trinajstić information content (AvgIpc) is 2.74. The number of carbonyl (C=O) groups excluding carboxylic acids is 1. The number of anilines is 1. The number of hydrogen-bond donors (Lipinski definition) is 1. The van der Waals surface area contributed by atoms with Gasteiger partial charge in [-0.25, -0.2) is 0 Å². The molecule has 1 aromatic carbocycles. The summed E-state index contributed by atoms with van der Waals surface area (Å²) in [6.45, 7) is 10.1. The first-order valence-corrected chi connectivity index (χ1v) is 11.9. The molecule has 1 heterocycles. The highest BCUT2D eigenvalue weighted by Gasteiger charge is 2.42. The molecule has 30 heavy (non-hydrogen) atoms. The van der Waals surface area contributed by atoms with E-state index < -0.39 is 5.60 Å². The molecule has 1 aliphatic carbocycles. The lowest BCUT2D eigenvalue weighted by molar-refractivity contribution is -0.147. The van der Waals surface area contributed by atoms with E-state index in [0.717, 1.165) is 50.3 Å². The lowest BCUT2D eigenvalue weighted by Gasteiger charge is -2.38. The Morgan fingerprint density at radius 1 is 1.17 bits per heavy atom. The summed E-state index contributed by atoms with van der Waals surface area (Å²) >= 11 is 0. The smallest absolute Gasteiger partial charge is 0.256 e. The fraction of sp³-hybridized carbons (Fsp3) is 0.720. The minimum atomic E-state index is -0.687. The summed E-state index contributed by atoms with van der Waals surface area (Å²) < 4.78 is 11.9. The number of nitrogens with one attached hydrogen (secondary N) is 1. The second-order valence-electron chi connectivity index (χ2n) is 9.19. The van der Waals surface area contributed by atoms with Gasteiger partial charge in [0.2, 0.25) is 0 Å². The first-order valence-electron chi connectivity index (χ1n) is 11.9. The van der Waals surface area contributed by atoms with Crippen LogP contribution in [0.2, 0.25) is 0 Å². The van der Waals surface area contributed by atoms with E-state index >= 15 is 0 Å². The van der Waals surface area contributed by atoms with Gasteiger partial charge in [-0.1, -0.05) is 19.8 Å². The van der Waals surface area contributed by atoms with E-state index in [9.17, 15) is 4.79 Å². The van der Waals surface area contributed by atoms with Gasteiger partial charge in [-0.15, -0.1) is 0 Å². The molecule has 0 bridgehead atoms. The largest absolute Gasteiger partial charge is 0.494 e. The first-order chi connectivity index (χ1) is 14.5. The van der Waals surface area contributed by atoms with Gasteiger partial charge in [0.1, 0.15) is 11.4 Å². The number of benzene rings is 1. The van der Waals surface area contributed by atoms with Crippen molar-refractivity contribution in [2.75, 3.05) is 31.6 Å². The van der Waals surface area contributed by atoms with Crippen LogP contribution in [0.5, 0.6) is 5.75 Å². The van der Waals surface area contributed by atoms with Gasteiger partial charge in [-0.3, -0.25) is 4.79 Å². The zero-order valence-corrected chi connectivity index (χ0v) is 19.1. The number of nitrogens with zero attached hydrogens (tertiary/aromatic N) is 1. The topological polar surface area (TPSA) is 50.8 Å². The molecule has 1 saturated carbocycles. The summed E-state index contributed by atoms with van der Waals surface area (Å²) in [4.78, 5) is 15.6. The van der Waals surface area contributed by atoms with Gasteiger partial charge >= 0.3 is 0 Å². The van der Waals surface area contributed by atoms with Gasteiger partial charge in [0.15, 0.2) is 0 Å². The number of hydrogen-bond acceptors (Lipinski definition) is 4. The van der Waals surface area contributed by atoms with Gasteiger partial charge < -0.3 is 19.7 Å². The Labute approximate surface area is 182 Å². The van der Waals surface area contributed by atoms with E-state index in [2.05, 4.69) is 24.1 Å². The zero-order valence-electron chi connectivity index (χ0n) is 19.1.